The Hall–Kier alpha value is -0.0731. The van der Waals surface area contributed by atoms with Gasteiger partial charge in [0.25, 0.3) is 0 Å². The van der Waals surface area contributed by atoms with Gasteiger partial charge in [0.05, 0.1) is 23.5 Å². The summed E-state index contributed by atoms with van der Waals surface area (Å²) in [5.41, 5.74) is -5.65. The van der Waals surface area contributed by atoms with Gasteiger partial charge in [-0.25, -0.2) is 8.42 Å². The SMILES string of the molecule is C[Si](C)(C)C[S+]1CCOCC1c1cccs1.O=S(=O)([O-])C(F)(F)F. The second-order valence-electron chi connectivity index (χ2n) is 6.43. The molecule has 2 unspecified atom stereocenters. The van der Waals surface area contributed by atoms with Crippen LogP contribution in [0.25, 0.3) is 0 Å². The Balaban J connectivity index is 0.000000307. The molecule has 0 saturated carbocycles. The third-order valence-electron chi connectivity index (χ3n) is 2.92. The van der Waals surface area contributed by atoms with Crippen molar-refractivity contribution in [1.82, 2.24) is 0 Å². The van der Waals surface area contributed by atoms with Gasteiger partial charge in [-0.1, -0.05) is 25.7 Å². The van der Waals surface area contributed by atoms with Crippen molar-refractivity contribution in [2.24, 2.45) is 0 Å². The summed E-state index contributed by atoms with van der Waals surface area (Å²) >= 11 is 1.90. The maximum atomic E-state index is 10.7. The molecule has 140 valence electrons. The van der Waals surface area contributed by atoms with Crippen molar-refractivity contribution in [2.45, 2.75) is 30.4 Å². The molecule has 0 amide bonds. The lowest BCUT2D eigenvalue weighted by atomic mass is 10.3. The largest absolute Gasteiger partial charge is 0.741 e. The summed E-state index contributed by atoms with van der Waals surface area (Å²) in [5.74, 6) is 1.28. The molecule has 2 rings (SSSR count). The van der Waals surface area contributed by atoms with Crippen LogP contribution in [0, 0.1) is 0 Å². The van der Waals surface area contributed by atoms with E-state index in [2.05, 4.69) is 37.2 Å². The highest BCUT2D eigenvalue weighted by molar-refractivity contribution is 7.98. The maximum Gasteiger partial charge on any atom is 0.485 e. The fourth-order valence-corrected chi connectivity index (χ4v) is 10.5. The van der Waals surface area contributed by atoms with Crippen molar-refractivity contribution in [3.05, 3.63) is 22.4 Å². The van der Waals surface area contributed by atoms with E-state index in [0.29, 0.717) is 16.1 Å². The summed E-state index contributed by atoms with van der Waals surface area (Å²) in [4.78, 5) is 1.54. The normalized spacial score (nSPS) is 22.6. The third kappa shape index (κ3) is 7.44. The molecule has 1 fully saturated rings. The van der Waals surface area contributed by atoms with Crippen LogP contribution in [0.2, 0.25) is 19.6 Å². The number of alkyl halides is 3. The molecule has 0 bridgehead atoms. The Bertz CT molecular complexity index is 597. The average Bonchev–Trinajstić information content (AvgIpc) is 2.89. The van der Waals surface area contributed by atoms with E-state index in [9.17, 15) is 13.2 Å². The quantitative estimate of drug-likeness (QED) is 0.324. The van der Waals surface area contributed by atoms with Crippen LogP contribution >= 0.6 is 11.3 Å². The number of thiophene rings is 1. The first-order valence-electron chi connectivity index (χ1n) is 7.11. The van der Waals surface area contributed by atoms with Crippen molar-refractivity contribution in [2.75, 3.05) is 24.3 Å². The van der Waals surface area contributed by atoms with Gasteiger partial charge < -0.3 is 9.29 Å². The van der Waals surface area contributed by atoms with Gasteiger partial charge in [-0.2, -0.15) is 13.2 Å². The summed E-state index contributed by atoms with van der Waals surface area (Å²) in [5, 5.41) is 4.36. The number of hydrogen-bond donors (Lipinski definition) is 0. The van der Waals surface area contributed by atoms with Gasteiger partial charge in [0.1, 0.15) is 13.8 Å². The first-order chi connectivity index (χ1) is 10.8. The molecule has 1 aromatic rings. The van der Waals surface area contributed by atoms with Gasteiger partial charge >= 0.3 is 5.51 Å². The number of rotatable bonds is 3. The Morgan fingerprint density at radius 1 is 1.42 bits per heavy atom. The van der Waals surface area contributed by atoms with Gasteiger partial charge in [0, 0.05) is 0 Å². The Labute approximate surface area is 148 Å². The smallest absolute Gasteiger partial charge is 0.485 e. The zero-order valence-electron chi connectivity index (χ0n) is 13.6. The summed E-state index contributed by atoms with van der Waals surface area (Å²) in [6.45, 7) is 9.40. The van der Waals surface area contributed by atoms with Crippen molar-refractivity contribution >= 4 is 40.4 Å². The van der Waals surface area contributed by atoms with Crippen LogP contribution in [0.5, 0.6) is 0 Å². The highest BCUT2D eigenvalue weighted by Gasteiger charge is 2.39. The summed E-state index contributed by atoms with van der Waals surface area (Å²) in [7, 11) is -6.46. The molecule has 4 nitrogen and oxygen atoms in total. The molecule has 2 heterocycles. The van der Waals surface area contributed by atoms with Gasteiger partial charge in [0.15, 0.2) is 15.4 Å². The van der Waals surface area contributed by atoms with E-state index in [4.69, 9.17) is 17.7 Å². The first-order valence-corrected chi connectivity index (χ1v) is 14.7. The molecular formula is C13H21F3O4S3Si. The lowest BCUT2D eigenvalue weighted by molar-refractivity contribution is -0.0517. The van der Waals surface area contributed by atoms with Gasteiger partial charge in [0.2, 0.25) is 0 Å². The Morgan fingerprint density at radius 3 is 2.42 bits per heavy atom. The monoisotopic (exact) mass is 422 g/mol. The second kappa shape index (κ2) is 8.54. The van der Waals surface area contributed by atoms with Gasteiger partial charge in [-0.05, 0) is 22.3 Å². The summed E-state index contributed by atoms with van der Waals surface area (Å²) < 4.78 is 64.6. The lowest BCUT2D eigenvalue weighted by Gasteiger charge is -2.27. The number of ether oxygens (including phenoxy) is 1. The molecule has 1 aromatic heterocycles. The minimum atomic E-state index is -6.09. The standard InChI is InChI=1S/C12H21OS2Si.CHF3O3S/c1-16(2,3)10-15-8-6-13-9-12(15)11-5-4-7-14-11;2-1(3,4)8(5,6)7/h4-5,7,12H,6,8-10H2,1-3H3;(H,5,6,7)/q+1;/p-1. The van der Waals surface area contributed by atoms with Crippen LogP contribution in [0.1, 0.15) is 10.1 Å². The van der Waals surface area contributed by atoms with Crippen LogP contribution in [0.3, 0.4) is 0 Å². The molecule has 2 atom stereocenters. The van der Waals surface area contributed by atoms with Crippen LogP contribution in [-0.4, -0.2) is 50.9 Å². The first kappa shape index (κ1) is 22.0. The fourth-order valence-electron chi connectivity index (χ4n) is 2.04. The van der Waals surface area contributed by atoms with Crippen molar-refractivity contribution < 1.29 is 30.9 Å². The van der Waals surface area contributed by atoms with Crippen molar-refractivity contribution in [3.8, 4) is 0 Å². The molecule has 1 saturated heterocycles. The average molecular weight is 423 g/mol. The summed E-state index contributed by atoms with van der Waals surface area (Å²) in [6, 6.07) is 4.46. The van der Waals surface area contributed by atoms with Crippen LogP contribution in [0.4, 0.5) is 13.2 Å². The molecular weight excluding hydrogens is 401 g/mol. The van der Waals surface area contributed by atoms with Crippen molar-refractivity contribution in [1.29, 1.82) is 0 Å². The third-order valence-corrected chi connectivity index (χ3v) is 11.5. The molecule has 0 aliphatic carbocycles. The minimum absolute atomic E-state index is 0.566. The minimum Gasteiger partial charge on any atom is -0.741 e. The number of halogens is 3. The van der Waals surface area contributed by atoms with E-state index < -0.39 is 23.7 Å². The van der Waals surface area contributed by atoms with Crippen LogP contribution in [-0.2, 0) is 25.7 Å². The van der Waals surface area contributed by atoms with E-state index >= 15 is 0 Å². The van der Waals surface area contributed by atoms with E-state index in [1.165, 1.54) is 11.1 Å². The lowest BCUT2D eigenvalue weighted by Crippen LogP contribution is -2.40. The molecule has 0 aromatic carbocycles. The van der Waals surface area contributed by atoms with Crippen LogP contribution in [0.15, 0.2) is 17.5 Å². The zero-order chi connectivity index (χ0) is 18.6. The molecule has 0 spiro atoms. The van der Waals surface area contributed by atoms with E-state index in [1.54, 1.807) is 4.88 Å². The highest BCUT2D eigenvalue weighted by Crippen LogP contribution is 2.33. The fraction of sp³-hybridized carbons (Fsp3) is 0.692. The van der Waals surface area contributed by atoms with E-state index in [1.807, 2.05) is 11.3 Å². The van der Waals surface area contributed by atoms with E-state index in [-0.39, 0.29) is 0 Å². The zero-order valence-corrected chi connectivity index (χ0v) is 17.1. The van der Waals surface area contributed by atoms with E-state index in [0.717, 1.165) is 13.2 Å². The van der Waals surface area contributed by atoms with Crippen LogP contribution < -0.4 is 0 Å². The molecule has 11 heteroatoms. The highest BCUT2D eigenvalue weighted by atomic mass is 32.2. The molecule has 24 heavy (non-hydrogen) atoms. The maximum absolute atomic E-state index is 10.7. The summed E-state index contributed by atoms with van der Waals surface area (Å²) in [6.07, 6.45) is 0. The number of hydrogen-bond acceptors (Lipinski definition) is 5. The molecule has 0 radical (unpaired) electrons. The van der Waals surface area contributed by atoms with Gasteiger partial charge in [-0.15, -0.1) is 11.3 Å². The second-order valence-corrected chi connectivity index (χ2v) is 17.1. The predicted octanol–water partition coefficient (Wildman–Crippen LogP) is 3.37. The molecule has 0 N–H and O–H groups in total. The van der Waals surface area contributed by atoms with Gasteiger partial charge in [-0.3, -0.25) is 0 Å². The Morgan fingerprint density at radius 2 is 2.00 bits per heavy atom. The Kier molecular flexibility index (Phi) is 7.82. The molecule has 1 aliphatic heterocycles. The molecule has 1 aliphatic rings. The predicted molar refractivity (Wildman–Crippen MR) is 94.1 cm³/mol. The topological polar surface area (TPSA) is 66.4 Å². The van der Waals surface area contributed by atoms with Crippen molar-refractivity contribution in [3.63, 3.8) is 0 Å².